The number of para-hydroxylation sites is 1. The molecule has 0 atom stereocenters. The predicted molar refractivity (Wildman–Crippen MR) is 114 cm³/mol. The average Bonchev–Trinajstić information content (AvgIpc) is 3.23. The highest BCUT2D eigenvalue weighted by atomic mass is 16.1. The van der Waals surface area contributed by atoms with Crippen LogP contribution in [0.1, 0.15) is 15.9 Å². The first-order chi connectivity index (χ1) is 14.2. The minimum atomic E-state index is -0.183. The fraction of sp³-hybridized carbons (Fsp3) is 0.0435. The van der Waals surface area contributed by atoms with E-state index in [9.17, 15) is 4.79 Å². The van der Waals surface area contributed by atoms with Gasteiger partial charge < -0.3 is 5.32 Å². The van der Waals surface area contributed by atoms with Crippen molar-refractivity contribution in [2.45, 2.75) is 6.92 Å². The van der Waals surface area contributed by atoms with Crippen LogP contribution in [-0.4, -0.2) is 26.1 Å². The molecule has 0 fully saturated rings. The van der Waals surface area contributed by atoms with E-state index < -0.39 is 0 Å². The second-order valence-corrected chi connectivity index (χ2v) is 6.89. The van der Waals surface area contributed by atoms with Crippen LogP contribution in [0.3, 0.4) is 0 Å². The number of anilines is 1. The van der Waals surface area contributed by atoms with Gasteiger partial charge in [-0.05, 0) is 48.9 Å². The summed E-state index contributed by atoms with van der Waals surface area (Å²) >= 11 is 0. The van der Waals surface area contributed by atoms with E-state index in [0.29, 0.717) is 5.56 Å². The largest absolute Gasteiger partial charge is 0.322 e. The Kier molecular flexibility index (Phi) is 4.02. The van der Waals surface area contributed by atoms with Crippen molar-refractivity contribution in [3.05, 3.63) is 84.3 Å². The van der Waals surface area contributed by atoms with E-state index in [0.717, 1.165) is 44.3 Å². The third kappa shape index (κ3) is 3.10. The number of hydrogen-bond donors (Lipinski definition) is 2. The molecule has 5 aromatic rings. The van der Waals surface area contributed by atoms with Gasteiger partial charge in [-0.1, -0.05) is 18.2 Å². The molecule has 1 amide bonds. The van der Waals surface area contributed by atoms with Crippen LogP contribution in [0.5, 0.6) is 0 Å². The summed E-state index contributed by atoms with van der Waals surface area (Å²) in [6, 6.07) is 17.1. The number of H-pyrrole nitrogens is 1. The summed E-state index contributed by atoms with van der Waals surface area (Å²) in [5.41, 5.74) is 5.64. The van der Waals surface area contributed by atoms with Gasteiger partial charge in [-0.3, -0.25) is 14.9 Å². The number of pyridine rings is 2. The maximum absolute atomic E-state index is 13.2. The second kappa shape index (κ2) is 6.83. The molecule has 0 unspecified atom stereocenters. The molecular weight excluding hydrogens is 362 g/mol. The molecule has 0 aliphatic heterocycles. The minimum Gasteiger partial charge on any atom is -0.322 e. The Morgan fingerprint density at radius 3 is 2.69 bits per heavy atom. The third-order valence-corrected chi connectivity index (χ3v) is 4.96. The molecule has 3 aromatic heterocycles. The molecular formula is C23H17N5O. The summed E-state index contributed by atoms with van der Waals surface area (Å²) in [5.74, 6) is -0.183. The Morgan fingerprint density at radius 2 is 1.83 bits per heavy atom. The molecule has 0 aliphatic carbocycles. The molecule has 0 aliphatic rings. The zero-order chi connectivity index (χ0) is 19.8. The number of aryl methyl sites for hydroxylation is 1. The number of carbonyl (C=O) groups is 1. The van der Waals surface area contributed by atoms with Crippen LogP contribution in [0.4, 0.5) is 5.69 Å². The normalized spacial score (nSPS) is 11.1. The Balaban J connectivity index is 1.60. The summed E-state index contributed by atoms with van der Waals surface area (Å²) < 4.78 is 0. The Labute approximate surface area is 166 Å². The molecule has 29 heavy (non-hydrogen) atoms. The van der Waals surface area contributed by atoms with Crippen molar-refractivity contribution < 1.29 is 4.79 Å². The standard InChI is InChI=1S/C23H17N5O/c1-14-10-16(11-22-19(14)13-25-28-22)26-23(29)18-12-21(15-6-8-24-9-7-15)27-20-5-3-2-4-17(18)20/h2-13H,1H3,(H,25,28)(H,26,29). The number of benzene rings is 2. The van der Waals surface area contributed by atoms with E-state index in [1.807, 2.05) is 61.5 Å². The molecule has 6 nitrogen and oxygen atoms in total. The molecule has 3 heterocycles. The molecule has 6 heteroatoms. The van der Waals surface area contributed by atoms with Crippen molar-refractivity contribution in [1.82, 2.24) is 20.2 Å². The van der Waals surface area contributed by atoms with E-state index in [1.165, 1.54) is 0 Å². The smallest absolute Gasteiger partial charge is 0.256 e. The third-order valence-electron chi connectivity index (χ3n) is 4.96. The predicted octanol–water partition coefficient (Wildman–Crippen LogP) is 4.73. The first kappa shape index (κ1) is 17.1. The highest BCUT2D eigenvalue weighted by Crippen LogP contribution is 2.26. The lowest BCUT2D eigenvalue weighted by atomic mass is 10.0. The van der Waals surface area contributed by atoms with E-state index >= 15 is 0 Å². The number of hydrogen-bond acceptors (Lipinski definition) is 4. The van der Waals surface area contributed by atoms with Crippen molar-refractivity contribution in [2.75, 3.05) is 5.32 Å². The highest BCUT2D eigenvalue weighted by Gasteiger charge is 2.15. The quantitative estimate of drug-likeness (QED) is 0.474. The lowest BCUT2D eigenvalue weighted by molar-refractivity contribution is 0.102. The number of carbonyl (C=O) groups excluding carboxylic acids is 1. The van der Waals surface area contributed by atoms with Gasteiger partial charge in [-0.2, -0.15) is 5.10 Å². The Bertz CT molecular complexity index is 1360. The van der Waals surface area contributed by atoms with Gasteiger partial charge in [0.15, 0.2) is 0 Å². The van der Waals surface area contributed by atoms with Crippen LogP contribution in [0.25, 0.3) is 33.1 Å². The van der Waals surface area contributed by atoms with Crippen molar-refractivity contribution >= 4 is 33.4 Å². The van der Waals surface area contributed by atoms with E-state index in [1.54, 1.807) is 18.6 Å². The molecule has 140 valence electrons. The van der Waals surface area contributed by atoms with Gasteiger partial charge in [-0.25, -0.2) is 4.98 Å². The van der Waals surface area contributed by atoms with E-state index in [4.69, 9.17) is 4.98 Å². The lowest BCUT2D eigenvalue weighted by Gasteiger charge is -2.11. The van der Waals surface area contributed by atoms with Crippen LogP contribution in [0.15, 0.2) is 73.2 Å². The van der Waals surface area contributed by atoms with Crippen LogP contribution < -0.4 is 5.32 Å². The van der Waals surface area contributed by atoms with Crippen LogP contribution in [-0.2, 0) is 0 Å². The van der Waals surface area contributed by atoms with Crippen LogP contribution in [0.2, 0.25) is 0 Å². The van der Waals surface area contributed by atoms with Gasteiger partial charge in [-0.15, -0.1) is 0 Å². The van der Waals surface area contributed by atoms with E-state index in [-0.39, 0.29) is 5.91 Å². The molecule has 0 radical (unpaired) electrons. The summed E-state index contributed by atoms with van der Waals surface area (Å²) in [5, 5.41) is 11.9. The monoisotopic (exact) mass is 379 g/mol. The van der Waals surface area contributed by atoms with Crippen LogP contribution >= 0.6 is 0 Å². The Morgan fingerprint density at radius 1 is 1.00 bits per heavy atom. The summed E-state index contributed by atoms with van der Waals surface area (Å²) in [6.45, 7) is 2.00. The number of rotatable bonds is 3. The molecule has 5 rings (SSSR count). The zero-order valence-corrected chi connectivity index (χ0v) is 15.7. The van der Waals surface area contributed by atoms with Crippen molar-refractivity contribution in [2.24, 2.45) is 0 Å². The number of fused-ring (bicyclic) bond motifs is 2. The molecule has 0 saturated heterocycles. The highest BCUT2D eigenvalue weighted by molar-refractivity contribution is 6.13. The SMILES string of the molecule is Cc1cc(NC(=O)c2cc(-c3ccncc3)nc3ccccc23)cc2[nH]ncc12. The summed E-state index contributed by atoms with van der Waals surface area (Å²) in [6.07, 6.45) is 5.22. The summed E-state index contributed by atoms with van der Waals surface area (Å²) in [7, 11) is 0. The number of nitrogens with zero attached hydrogens (tertiary/aromatic N) is 3. The molecule has 2 aromatic carbocycles. The van der Waals surface area contributed by atoms with Gasteiger partial charge >= 0.3 is 0 Å². The lowest BCUT2D eigenvalue weighted by Crippen LogP contribution is -2.13. The number of amides is 1. The fourth-order valence-corrected chi connectivity index (χ4v) is 3.53. The number of aromatic amines is 1. The maximum atomic E-state index is 13.2. The zero-order valence-electron chi connectivity index (χ0n) is 15.7. The maximum Gasteiger partial charge on any atom is 0.256 e. The van der Waals surface area contributed by atoms with Gasteiger partial charge in [0.25, 0.3) is 5.91 Å². The average molecular weight is 379 g/mol. The van der Waals surface area contributed by atoms with Crippen molar-refractivity contribution in [3.63, 3.8) is 0 Å². The first-order valence-electron chi connectivity index (χ1n) is 9.24. The molecule has 0 bridgehead atoms. The number of aromatic nitrogens is 4. The molecule has 2 N–H and O–H groups in total. The molecule has 0 spiro atoms. The van der Waals surface area contributed by atoms with Gasteiger partial charge in [0.05, 0.1) is 28.5 Å². The van der Waals surface area contributed by atoms with E-state index in [2.05, 4.69) is 20.5 Å². The van der Waals surface area contributed by atoms with Crippen molar-refractivity contribution in [1.29, 1.82) is 0 Å². The fourth-order valence-electron chi connectivity index (χ4n) is 3.53. The van der Waals surface area contributed by atoms with Gasteiger partial charge in [0.1, 0.15) is 0 Å². The summed E-state index contributed by atoms with van der Waals surface area (Å²) in [4.78, 5) is 22.0. The first-order valence-corrected chi connectivity index (χ1v) is 9.24. The minimum absolute atomic E-state index is 0.183. The Hall–Kier alpha value is -4.06. The molecule has 0 saturated carbocycles. The topological polar surface area (TPSA) is 83.6 Å². The van der Waals surface area contributed by atoms with Crippen LogP contribution in [0, 0.1) is 6.92 Å². The van der Waals surface area contributed by atoms with Gasteiger partial charge in [0.2, 0.25) is 0 Å². The second-order valence-electron chi connectivity index (χ2n) is 6.89. The number of nitrogens with one attached hydrogen (secondary N) is 2. The van der Waals surface area contributed by atoms with Crippen molar-refractivity contribution in [3.8, 4) is 11.3 Å². The van der Waals surface area contributed by atoms with Gasteiger partial charge in [0, 0.05) is 34.4 Å².